The van der Waals surface area contributed by atoms with Gasteiger partial charge in [-0.2, -0.15) is 13.2 Å². The van der Waals surface area contributed by atoms with E-state index in [0.717, 1.165) is 6.20 Å². The average molecular weight is 319 g/mol. The molecule has 0 spiro atoms. The van der Waals surface area contributed by atoms with E-state index in [-0.39, 0.29) is 5.88 Å². The van der Waals surface area contributed by atoms with Crippen LogP contribution in [0.2, 0.25) is 5.02 Å². The first-order valence-electron chi connectivity index (χ1n) is 5.74. The van der Waals surface area contributed by atoms with Crippen molar-refractivity contribution in [3.8, 4) is 22.9 Å². The highest BCUT2D eigenvalue weighted by Gasteiger charge is 2.28. The molecular weight excluding hydrogens is 309 g/mol. The molecule has 1 heterocycles. The van der Waals surface area contributed by atoms with Gasteiger partial charge in [0, 0.05) is 10.6 Å². The Bertz CT molecular complexity index is 618. The van der Waals surface area contributed by atoms with Gasteiger partial charge in [-0.3, -0.25) is 0 Å². The van der Waals surface area contributed by atoms with Gasteiger partial charge in [0.1, 0.15) is 5.75 Å². The molecular formula is C13H10ClF3N2O2. The molecule has 0 aliphatic rings. The van der Waals surface area contributed by atoms with Gasteiger partial charge in [0.05, 0.1) is 25.2 Å². The first-order chi connectivity index (χ1) is 9.89. The molecule has 0 fully saturated rings. The summed E-state index contributed by atoms with van der Waals surface area (Å²) >= 11 is 5.85. The molecule has 0 aliphatic carbocycles. The number of halogens is 4. The van der Waals surface area contributed by atoms with Gasteiger partial charge in [0.15, 0.2) is 6.61 Å². The van der Waals surface area contributed by atoms with Crippen molar-refractivity contribution in [3.63, 3.8) is 0 Å². The molecule has 0 saturated carbocycles. The molecule has 2 rings (SSSR count). The lowest BCUT2D eigenvalue weighted by molar-refractivity contribution is -0.154. The van der Waals surface area contributed by atoms with E-state index in [1.54, 1.807) is 18.2 Å². The minimum Gasteiger partial charge on any atom is -0.496 e. The molecule has 0 atom stereocenters. The number of hydrogen-bond donors (Lipinski definition) is 0. The first-order valence-corrected chi connectivity index (χ1v) is 6.12. The Morgan fingerprint density at radius 2 is 1.95 bits per heavy atom. The predicted octanol–water partition coefficient (Wildman–Crippen LogP) is 3.75. The highest BCUT2D eigenvalue weighted by atomic mass is 35.5. The lowest BCUT2D eigenvalue weighted by Gasteiger charge is -2.10. The van der Waals surface area contributed by atoms with Crippen molar-refractivity contribution in [1.29, 1.82) is 0 Å². The van der Waals surface area contributed by atoms with E-state index in [1.807, 2.05) is 0 Å². The smallest absolute Gasteiger partial charge is 0.422 e. The second-order valence-corrected chi connectivity index (χ2v) is 4.42. The summed E-state index contributed by atoms with van der Waals surface area (Å²) in [7, 11) is 1.48. The number of nitrogens with zero attached hydrogens (tertiary/aromatic N) is 2. The van der Waals surface area contributed by atoms with Crippen LogP contribution in [-0.4, -0.2) is 29.9 Å². The Labute approximate surface area is 123 Å². The van der Waals surface area contributed by atoms with Gasteiger partial charge < -0.3 is 9.47 Å². The van der Waals surface area contributed by atoms with Crippen LogP contribution in [0.25, 0.3) is 11.3 Å². The summed E-state index contributed by atoms with van der Waals surface area (Å²) in [6.45, 7) is -1.41. The van der Waals surface area contributed by atoms with Gasteiger partial charge in [0.25, 0.3) is 0 Å². The predicted molar refractivity (Wildman–Crippen MR) is 70.6 cm³/mol. The second kappa shape index (κ2) is 6.17. The SMILES string of the molecule is COc1cc(Cl)ccc1-c1cnc(OCC(F)(F)F)cn1. The monoisotopic (exact) mass is 318 g/mol. The summed E-state index contributed by atoms with van der Waals surface area (Å²) < 4.78 is 45.7. The van der Waals surface area contributed by atoms with Crippen LogP contribution in [-0.2, 0) is 0 Å². The number of benzene rings is 1. The standard InChI is InChI=1S/C13H10ClF3N2O2/c1-20-11-4-8(14)2-3-9(11)10-5-19-12(6-18-10)21-7-13(15,16)17/h2-6H,7H2,1H3. The Morgan fingerprint density at radius 1 is 1.19 bits per heavy atom. The van der Waals surface area contributed by atoms with Crippen LogP contribution < -0.4 is 9.47 Å². The van der Waals surface area contributed by atoms with Crippen molar-refractivity contribution in [2.45, 2.75) is 6.18 Å². The van der Waals surface area contributed by atoms with Gasteiger partial charge in [-0.05, 0) is 18.2 Å². The van der Waals surface area contributed by atoms with Crippen molar-refractivity contribution in [2.75, 3.05) is 13.7 Å². The van der Waals surface area contributed by atoms with Gasteiger partial charge >= 0.3 is 6.18 Å². The van der Waals surface area contributed by atoms with E-state index in [1.165, 1.54) is 13.3 Å². The quantitative estimate of drug-likeness (QED) is 0.861. The van der Waals surface area contributed by atoms with Gasteiger partial charge in [-0.1, -0.05) is 11.6 Å². The van der Waals surface area contributed by atoms with Crippen LogP contribution in [0.4, 0.5) is 13.2 Å². The zero-order valence-corrected chi connectivity index (χ0v) is 11.6. The van der Waals surface area contributed by atoms with E-state index < -0.39 is 12.8 Å². The summed E-state index contributed by atoms with van der Waals surface area (Å²) in [5.74, 6) is 0.282. The lowest BCUT2D eigenvalue weighted by Crippen LogP contribution is -2.19. The van der Waals surface area contributed by atoms with Crippen molar-refractivity contribution in [1.82, 2.24) is 9.97 Å². The maximum absolute atomic E-state index is 12.0. The maximum Gasteiger partial charge on any atom is 0.422 e. The van der Waals surface area contributed by atoms with Gasteiger partial charge in [0.2, 0.25) is 5.88 Å². The molecule has 0 N–H and O–H groups in total. The largest absolute Gasteiger partial charge is 0.496 e. The van der Waals surface area contributed by atoms with E-state index in [0.29, 0.717) is 22.0 Å². The summed E-state index contributed by atoms with van der Waals surface area (Å²) in [4.78, 5) is 7.79. The Hall–Kier alpha value is -2.02. The Kier molecular flexibility index (Phi) is 4.52. The maximum atomic E-state index is 12.0. The number of rotatable bonds is 4. The molecule has 0 saturated heterocycles. The fourth-order valence-electron chi connectivity index (χ4n) is 1.56. The Morgan fingerprint density at radius 3 is 2.52 bits per heavy atom. The van der Waals surface area contributed by atoms with Crippen LogP contribution in [0, 0.1) is 0 Å². The summed E-state index contributed by atoms with van der Waals surface area (Å²) in [6, 6.07) is 4.93. The molecule has 8 heteroatoms. The minimum atomic E-state index is -4.42. The van der Waals surface area contributed by atoms with Crippen LogP contribution in [0.1, 0.15) is 0 Å². The van der Waals surface area contributed by atoms with Crippen LogP contribution in [0.15, 0.2) is 30.6 Å². The van der Waals surface area contributed by atoms with Gasteiger partial charge in [-0.15, -0.1) is 0 Å². The molecule has 0 bridgehead atoms. The molecule has 4 nitrogen and oxygen atoms in total. The van der Waals surface area contributed by atoms with Gasteiger partial charge in [-0.25, -0.2) is 9.97 Å². The number of methoxy groups -OCH3 is 1. The topological polar surface area (TPSA) is 44.2 Å². The van der Waals surface area contributed by atoms with Crippen molar-refractivity contribution >= 4 is 11.6 Å². The first kappa shape index (κ1) is 15.4. The normalized spacial score (nSPS) is 11.3. The molecule has 0 amide bonds. The van der Waals surface area contributed by atoms with E-state index in [2.05, 4.69) is 14.7 Å². The highest BCUT2D eigenvalue weighted by Crippen LogP contribution is 2.31. The van der Waals surface area contributed by atoms with Crippen LogP contribution in [0.5, 0.6) is 11.6 Å². The van der Waals surface area contributed by atoms with E-state index in [4.69, 9.17) is 16.3 Å². The molecule has 0 unspecified atom stereocenters. The van der Waals surface area contributed by atoms with Crippen molar-refractivity contribution in [2.24, 2.45) is 0 Å². The third kappa shape index (κ3) is 4.22. The van der Waals surface area contributed by atoms with Crippen molar-refractivity contribution in [3.05, 3.63) is 35.6 Å². The van der Waals surface area contributed by atoms with E-state index >= 15 is 0 Å². The average Bonchev–Trinajstić information content (AvgIpc) is 2.45. The molecule has 21 heavy (non-hydrogen) atoms. The molecule has 112 valence electrons. The van der Waals surface area contributed by atoms with Crippen LogP contribution >= 0.6 is 11.6 Å². The second-order valence-electron chi connectivity index (χ2n) is 3.99. The molecule has 1 aromatic carbocycles. The lowest BCUT2D eigenvalue weighted by atomic mass is 10.1. The summed E-state index contributed by atoms with van der Waals surface area (Å²) in [6.07, 6.45) is -1.99. The summed E-state index contributed by atoms with van der Waals surface area (Å²) in [5, 5.41) is 0.494. The Balaban J connectivity index is 2.19. The minimum absolute atomic E-state index is 0.205. The molecule has 2 aromatic rings. The highest BCUT2D eigenvalue weighted by molar-refractivity contribution is 6.30. The number of ether oxygens (including phenoxy) is 2. The van der Waals surface area contributed by atoms with Crippen molar-refractivity contribution < 1.29 is 22.6 Å². The number of aromatic nitrogens is 2. The zero-order valence-electron chi connectivity index (χ0n) is 10.8. The molecule has 1 aromatic heterocycles. The fraction of sp³-hybridized carbons (Fsp3) is 0.231. The number of hydrogen-bond acceptors (Lipinski definition) is 4. The van der Waals surface area contributed by atoms with Crippen LogP contribution in [0.3, 0.4) is 0 Å². The van der Waals surface area contributed by atoms with E-state index in [9.17, 15) is 13.2 Å². The third-order valence-electron chi connectivity index (χ3n) is 2.45. The zero-order chi connectivity index (χ0) is 15.5. The molecule has 0 radical (unpaired) electrons. The fourth-order valence-corrected chi connectivity index (χ4v) is 1.72. The third-order valence-corrected chi connectivity index (χ3v) is 2.69. The summed E-state index contributed by atoms with van der Waals surface area (Å²) in [5.41, 5.74) is 1.06. The molecule has 0 aliphatic heterocycles. The number of alkyl halides is 3.